The van der Waals surface area contributed by atoms with Crippen LogP contribution in [-0.2, 0) is 0 Å². The molecule has 1 heterocycles. The van der Waals surface area contributed by atoms with Gasteiger partial charge >= 0.3 is 0 Å². The lowest BCUT2D eigenvalue weighted by atomic mass is 10.1. The number of aromatic nitrogens is 1. The molecule has 1 amide bonds. The largest absolute Gasteiger partial charge is 0.490 e. The minimum Gasteiger partial charge on any atom is -0.490 e. The maximum atomic E-state index is 13.4. The predicted octanol–water partition coefficient (Wildman–Crippen LogP) is 7.02. The Labute approximate surface area is 216 Å². The van der Waals surface area contributed by atoms with E-state index < -0.39 is 0 Å². The summed E-state index contributed by atoms with van der Waals surface area (Å²) >= 11 is 3.87. The molecular weight excluding hydrogens is 563 g/mol. The van der Waals surface area contributed by atoms with Gasteiger partial charge in [0.1, 0.15) is 5.01 Å². The summed E-state index contributed by atoms with van der Waals surface area (Å²) in [7, 11) is 0. The molecule has 1 aromatic heterocycles. The smallest absolute Gasteiger partial charge is 0.255 e. The average Bonchev–Trinajstić information content (AvgIpc) is 3.26. The molecule has 0 fully saturated rings. The van der Waals surface area contributed by atoms with Crippen LogP contribution in [0, 0.1) is 3.57 Å². The van der Waals surface area contributed by atoms with E-state index in [9.17, 15) is 4.79 Å². The quantitative estimate of drug-likeness (QED) is 0.213. The Morgan fingerprint density at radius 3 is 2.26 bits per heavy atom. The van der Waals surface area contributed by atoms with E-state index in [1.165, 1.54) is 0 Å². The first kappa shape index (κ1) is 24.3. The second kappa shape index (κ2) is 11.1. The second-order valence-electron chi connectivity index (χ2n) is 7.23. The number of para-hydroxylation sites is 1. The van der Waals surface area contributed by atoms with Crippen LogP contribution < -0.4 is 19.5 Å². The van der Waals surface area contributed by atoms with E-state index in [-0.39, 0.29) is 5.91 Å². The van der Waals surface area contributed by atoms with Gasteiger partial charge < -0.3 is 19.5 Å². The highest BCUT2D eigenvalue weighted by atomic mass is 127. The number of nitrogens with one attached hydrogen (secondary N) is 1. The number of fused-ring (bicyclic) bond motifs is 1. The number of benzene rings is 3. The Bertz CT molecular complexity index is 1260. The molecule has 4 rings (SSSR count). The topological polar surface area (TPSA) is 69.7 Å². The molecule has 0 aliphatic rings. The molecule has 0 aliphatic carbocycles. The van der Waals surface area contributed by atoms with Crippen molar-refractivity contribution in [2.75, 3.05) is 25.1 Å². The number of nitrogens with zero attached hydrogens (tertiary/aromatic N) is 1. The molecular formula is C26H25IN2O4S. The van der Waals surface area contributed by atoms with E-state index in [0.717, 1.165) is 24.4 Å². The molecule has 0 bridgehead atoms. The Hall–Kier alpha value is -2.85. The van der Waals surface area contributed by atoms with E-state index in [0.29, 0.717) is 48.3 Å². The van der Waals surface area contributed by atoms with Gasteiger partial charge in [-0.05, 0) is 85.8 Å². The fourth-order valence-corrected chi connectivity index (χ4v) is 4.99. The number of carbonyl (C=O) groups excluding carboxylic acids is 1. The van der Waals surface area contributed by atoms with Crippen LogP contribution in [0.3, 0.4) is 0 Å². The van der Waals surface area contributed by atoms with E-state index >= 15 is 0 Å². The summed E-state index contributed by atoms with van der Waals surface area (Å²) in [6.07, 6.45) is 0. The van der Waals surface area contributed by atoms with Crippen molar-refractivity contribution in [2.45, 2.75) is 20.8 Å². The molecule has 1 N–H and O–H groups in total. The second-order valence-corrected chi connectivity index (χ2v) is 9.51. The zero-order chi connectivity index (χ0) is 24.1. The predicted molar refractivity (Wildman–Crippen MR) is 146 cm³/mol. The van der Waals surface area contributed by atoms with E-state index in [1.54, 1.807) is 23.5 Å². The van der Waals surface area contributed by atoms with Crippen molar-refractivity contribution in [3.63, 3.8) is 0 Å². The summed E-state index contributed by atoms with van der Waals surface area (Å²) in [5, 5.41) is 3.91. The number of thiazole rings is 1. The third kappa shape index (κ3) is 5.28. The Morgan fingerprint density at radius 2 is 1.62 bits per heavy atom. The van der Waals surface area contributed by atoms with Gasteiger partial charge in [0.15, 0.2) is 11.5 Å². The average molecular weight is 588 g/mol. The van der Waals surface area contributed by atoms with Gasteiger partial charge in [-0.3, -0.25) is 4.79 Å². The van der Waals surface area contributed by atoms with Crippen molar-refractivity contribution >= 4 is 55.7 Å². The molecule has 8 heteroatoms. The molecule has 3 aromatic carbocycles. The minimum atomic E-state index is -0.270. The molecule has 0 saturated heterocycles. The highest BCUT2D eigenvalue weighted by Crippen LogP contribution is 2.40. The highest BCUT2D eigenvalue weighted by Gasteiger charge is 2.20. The van der Waals surface area contributed by atoms with Gasteiger partial charge in [-0.1, -0.05) is 12.1 Å². The molecule has 4 aromatic rings. The van der Waals surface area contributed by atoms with Gasteiger partial charge in [0, 0.05) is 14.7 Å². The summed E-state index contributed by atoms with van der Waals surface area (Å²) in [4.78, 5) is 18.1. The fourth-order valence-electron chi connectivity index (χ4n) is 3.50. The first-order valence-electron chi connectivity index (χ1n) is 11.1. The van der Waals surface area contributed by atoms with Crippen LogP contribution in [0.4, 0.5) is 5.69 Å². The fraction of sp³-hybridized carbons (Fsp3) is 0.231. The molecule has 0 saturated carbocycles. The number of carbonyl (C=O) groups is 1. The summed E-state index contributed by atoms with van der Waals surface area (Å²) < 4.78 is 19.4. The maximum Gasteiger partial charge on any atom is 0.255 e. The SMILES string of the molecule is CCOc1cc(C(=O)Nc2ccc(I)cc2-c2nc3ccccc3s2)cc(OCC)c1OCC. The van der Waals surface area contributed by atoms with Gasteiger partial charge in [0.2, 0.25) is 5.75 Å². The Kier molecular flexibility index (Phi) is 7.89. The molecule has 0 unspecified atom stereocenters. The van der Waals surface area contributed by atoms with Gasteiger partial charge in [0.05, 0.1) is 35.7 Å². The molecule has 0 radical (unpaired) electrons. The van der Waals surface area contributed by atoms with Crippen LogP contribution in [-0.4, -0.2) is 30.7 Å². The number of ether oxygens (including phenoxy) is 3. The molecule has 176 valence electrons. The van der Waals surface area contributed by atoms with E-state index in [4.69, 9.17) is 19.2 Å². The first-order chi connectivity index (χ1) is 16.5. The lowest BCUT2D eigenvalue weighted by Gasteiger charge is -2.17. The third-order valence-electron chi connectivity index (χ3n) is 4.93. The zero-order valence-corrected chi connectivity index (χ0v) is 22.2. The Balaban J connectivity index is 1.71. The maximum absolute atomic E-state index is 13.4. The molecule has 0 aliphatic heterocycles. The van der Waals surface area contributed by atoms with Crippen molar-refractivity contribution in [3.05, 3.63) is 63.7 Å². The number of anilines is 1. The van der Waals surface area contributed by atoms with Gasteiger partial charge in [-0.15, -0.1) is 11.3 Å². The number of halogens is 1. The van der Waals surface area contributed by atoms with Crippen LogP contribution >= 0.6 is 33.9 Å². The monoisotopic (exact) mass is 588 g/mol. The zero-order valence-electron chi connectivity index (χ0n) is 19.2. The molecule has 34 heavy (non-hydrogen) atoms. The normalized spacial score (nSPS) is 10.8. The summed E-state index contributed by atoms with van der Waals surface area (Å²) in [6, 6.07) is 17.3. The number of amides is 1. The Morgan fingerprint density at radius 1 is 0.941 bits per heavy atom. The first-order valence-corrected chi connectivity index (χ1v) is 13.0. The van der Waals surface area contributed by atoms with Crippen molar-refractivity contribution in [3.8, 4) is 27.8 Å². The number of rotatable bonds is 9. The van der Waals surface area contributed by atoms with Gasteiger partial charge in [0.25, 0.3) is 5.91 Å². The third-order valence-corrected chi connectivity index (χ3v) is 6.67. The summed E-state index contributed by atoms with van der Waals surface area (Å²) in [5.74, 6) is 1.20. The number of hydrogen-bond acceptors (Lipinski definition) is 6. The molecule has 6 nitrogen and oxygen atoms in total. The summed E-state index contributed by atoms with van der Waals surface area (Å²) in [5.41, 5.74) is 2.92. The van der Waals surface area contributed by atoms with Crippen LogP contribution in [0.15, 0.2) is 54.6 Å². The minimum absolute atomic E-state index is 0.270. The van der Waals surface area contributed by atoms with Gasteiger partial charge in [-0.25, -0.2) is 4.98 Å². The van der Waals surface area contributed by atoms with Crippen molar-refractivity contribution in [1.29, 1.82) is 0 Å². The standard InChI is InChI=1S/C26H25IN2O4S/c1-4-31-21-13-16(14-22(32-5-2)24(21)33-6-3)25(30)28-19-12-11-17(27)15-18(19)26-29-20-9-7-8-10-23(20)34-26/h7-15H,4-6H2,1-3H3,(H,28,30). The molecule has 0 atom stereocenters. The van der Waals surface area contributed by atoms with E-state index in [2.05, 4.69) is 27.9 Å². The summed E-state index contributed by atoms with van der Waals surface area (Å²) in [6.45, 7) is 7.01. The van der Waals surface area contributed by atoms with Crippen LogP contribution in [0.25, 0.3) is 20.8 Å². The lowest BCUT2D eigenvalue weighted by molar-refractivity contribution is 0.102. The van der Waals surface area contributed by atoms with Crippen LogP contribution in [0.5, 0.6) is 17.2 Å². The van der Waals surface area contributed by atoms with Crippen molar-refractivity contribution in [2.24, 2.45) is 0 Å². The lowest BCUT2D eigenvalue weighted by Crippen LogP contribution is -2.14. The van der Waals surface area contributed by atoms with Crippen molar-refractivity contribution < 1.29 is 19.0 Å². The van der Waals surface area contributed by atoms with E-state index in [1.807, 2.05) is 63.2 Å². The number of hydrogen-bond donors (Lipinski definition) is 1. The van der Waals surface area contributed by atoms with Gasteiger partial charge in [-0.2, -0.15) is 0 Å². The molecule has 0 spiro atoms. The van der Waals surface area contributed by atoms with Crippen LogP contribution in [0.1, 0.15) is 31.1 Å². The van der Waals surface area contributed by atoms with Crippen LogP contribution in [0.2, 0.25) is 0 Å². The highest BCUT2D eigenvalue weighted by molar-refractivity contribution is 14.1. The van der Waals surface area contributed by atoms with Crippen molar-refractivity contribution in [1.82, 2.24) is 4.98 Å².